The van der Waals surface area contributed by atoms with Crippen molar-refractivity contribution >= 4 is 5.91 Å². The Morgan fingerprint density at radius 3 is 1.95 bits per heavy atom. The molecule has 21 heavy (non-hydrogen) atoms. The number of hydrogen-bond acceptors (Lipinski definition) is 1. The highest BCUT2D eigenvalue weighted by atomic mass is 16.1. The number of nitrogens with one attached hydrogen (secondary N) is 1. The minimum Gasteiger partial charge on any atom is -0.349 e. The normalized spacial score (nSPS) is 36.8. The molecule has 0 aliphatic heterocycles. The summed E-state index contributed by atoms with van der Waals surface area (Å²) in [6.45, 7) is 4.12. The molecule has 4 fully saturated rings. The van der Waals surface area contributed by atoms with Crippen molar-refractivity contribution in [2.24, 2.45) is 23.7 Å². The van der Waals surface area contributed by atoms with Crippen molar-refractivity contribution in [3.8, 4) is 0 Å². The quantitative estimate of drug-likeness (QED) is 0.877. The van der Waals surface area contributed by atoms with E-state index in [0.717, 1.165) is 29.2 Å². The van der Waals surface area contributed by atoms with Gasteiger partial charge in [-0.25, -0.2) is 0 Å². The molecule has 1 amide bonds. The maximum Gasteiger partial charge on any atom is 0.251 e. The molecular formula is C19H25NO. The van der Waals surface area contributed by atoms with Gasteiger partial charge in [-0.3, -0.25) is 4.79 Å². The van der Waals surface area contributed by atoms with E-state index in [-0.39, 0.29) is 5.91 Å². The molecule has 0 aromatic heterocycles. The second kappa shape index (κ2) is 4.86. The van der Waals surface area contributed by atoms with Crippen LogP contribution >= 0.6 is 0 Å². The average Bonchev–Trinajstić information content (AvgIpc) is 2.40. The largest absolute Gasteiger partial charge is 0.349 e. The number of aryl methyl sites for hydroxylation is 2. The molecule has 4 aliphatic rings. The summed E-state index contributed by atoms with van der Waals surface area (Å²) in [5, 5.41) is 3.39. The van der Waals surface area contributed by atoms with Gasteiger partial charge in [-0.1, -0.05) is 17.2 Å². The Bertz CT molecular complexity index is 529. The van der Waals surface area contributed by atoms with Gasteiger partial charge in [0.2, 0.25) is 0 Å². The van der Waals surface area contributed by atoms with Crippen molar-refractivity contribution in [3.05, 3.63) is 34.9 Å². The van der Waals surface area contributed by atoms with Crippen LogP contribution in [0.4, 0.5) is 0 Å². The molecule has 0 saturated heterocycles. The first-order chi connectivity index (χ1) is 10.1. The van der Waals surface area contributed by atoms with Gasteiger partial charge in [-0.2, -0.15) is 0 Å². The maximum atomic E-state index is 12.6. The lowest BCUT2D eigenvalue weighted by atomic mass is 9.54. The zero-order chi connectivity index (χ0) is 14.6. The van der Waals surface area contributed by atoms with Crippen LogP contribution in [0.15, 0.2) is 18.2 Å². The Morgan fingerprint density at radius 2 is 1.43 bits per heavy atom. The first-order valence-corrected chi connectivity index (χ1v) is 8.47. The average molecular weight is 283 g/mol. The predicted molar refractivity (Wildman–Crippen MR) is 84.2 cm³/mol. The number of carbonyl (C=O) groups excluding carboxylic acids is 1. The van der Waals surface area contributed by atoms with E-state index in [9.17, 15) is 4.79 Å². The van der Waals surface area contributed by atoms with Gasteiger partial charge in [-0.15, -0.1) is 0 Å². The van der Waals surface area contributed by atoms with E-state index >= 15 is 0 Å². The van der Waals surface area contributed by atoms with E-state index in [2.05, 4.69) is 25.2 Å². The van der Waals surface area contributed by atoms with Crippen molar-refractivity contribution < 1.29 is 4.79 Å². The SMILES string of the molecule is Cc1cc(C)cc(C(=O)NC2C3CC4CC(C3)CC2C4)c1. The van der Waals surface area contributed by atoms with Crippen LogP contribution in [-0.2, 0) is 0 Å². The number of amides is 1. The van der Waals surface area contributed by atoms with Gasteiger partial charge in [0.05, 0.1) is 0 Å². The number of carbonyl (C=O) groups is 1. The Hall–Kier alpha value is -1.31. The van der Waals surface area contributed by atoms with Crippen LogP contribution in [-0.4, -0.2) is 11.9 Å². The fourth-order valence-electron chi connectivity index (χ4n) is 5.50. The van der Waals surface area contributed by atoms with Crippen molar-refractivity contribution in [2.75, 3.05) is 0 Å². The minimum atomic E-state index is 0.138. The second-order valence-electron chi connectivity index (χ2n) is 7.81. The molecule has 5 rings (SSSR count). The van der Waals surface area contributed by atoms with E-state index in [1.165, 1.54) is 43.2 Å². The molecule has 4 bridgehead atoms. The minimum absolute atomic E-state index is 0.138. The third-order valence-corrected chi connectivity index (χ3v) is 6.01. The van der Waals surface area contributed by atoms with E-state index < -0.39 is 0 Å². The van der Waals surface area contributed by atoms with E-state index in [4.69, 9.17) is 0 Å². The predicted octanol–water partition coefficient (Wildman–Crippen LogP) is 3.86. The molecule has 0 atom stereocenters. The van der Waals surface area contributed by atoms with E-state index in [1.54, 1.807) is 0 Å². The van der Waals surface area contributed by atoms with Gasteiger partial charge in [0.1, 0.15) is 0 Å². The van der Waals surface area contributed by atoms with Crippen LogP contribution in [0.25, 0.3) is 0 Å². The van der Waals surface area contributed by atoms with Crippen molar-refractivity contribution in [3.63, 3.8) is 0 Å². The summed E-state index contributed by atoms with van der Waals surface area (Å²) in [5.74, 6) is 3.55. The summed E-state index contributed by atoms with van der Waals surface area (Å²) in [6, 6.07) is 6.59. The van der Waals surface area contributed by atoms with Crippen LogP contribution < -0.4 is 5.32 Å². The van der Waals surface area contributed by atoms with Crippen LogP contribution in [0.1, 0.15) is 53.6 Å². The molecule has 0 heterocycles. The van der Waals surface area contributed by atoms with Gasteiger partial charge in [0.15, 0.2) is 0 Å². The zero-order valence-electron chi connectivity index (χ0n) is 13.1. The van der Waals surface area contributed by atoms with Crippen molar-refractivity contribution in [1.82, 2.24) is 5.32 Å². The Balaban J connectivity index is 1.52. The zero-order valence-corrected chi connectivity index (χ0v) is 13.1. The molecule has 0 radical (unpaired) electrons. The molecule has 1 N–H and O–H groups in total. The van der Waals surface area contributed by atoms with Crippen LogP contribution in [0.3, 0.4) is 0 Å². The van der Waals surface area contributed by atoms with Gasteiger partial charge in [0.25, 0.3) is 5.91 Å². The molecule has 4 saturated carbocycles. The molecule has 2 heteroatoms. The summed E-state index contributed by atoms with van der Waals surface area (Å²) in [5.41, 5.74) is 3.18. The standard InChI is InChI=1S/C19H25NO/c1-11-3-12(2)5-17(4-11)19(21)20-18-15-7-13-6-14(9-15)10-16(18)8-13/h3-5,13-16,18H,6-10H2,1-2H3,(H,20,21). The summed E-state index contributed by atoms with van der Waals surface area (Å²) in [6.07, 6.45) is 6.87. The van der Waals surface area contributed by atoms with Gasteiger partial charge in [0, 0.05) is 11.6 Å². The summed E-state index contributed by atoms with van der Waals surface area (Å²) in [4.78, 5) is 12.6. The molecule has 1 aromatic carbocycles. The van der Waals surface area contributed by atoms with Crippen molar-refractivity contribution in [2.45, 2.75) is 52.0 Å². The fraction of sp³-hybridized carbons (Fsp3) is 0.632. The van der Waals surface area contributed by atoms with Crippen molar-refractivity contribution in [1.29, 1.82) is 0 Å². The number of rotatable bonds is 2. The van der Waals surface area contributed by atoms with Gasteiger partial charge < -0.3 is 5.32 Å². The lowest BCUT2D eigenvalue weighted by Gasteiger charge is -2.54. The summed E-state index contributed by atoms with van der Waals surface area (Å²) >= 11 is 0. The summed E-state index contributed by atoms with van der Waals surface area (Å²) < 4.78 is 0. The second-order valence-corrected chi connectivity index (χ2v) is 7.81. The molecule has 0 unspecified atom stereocenters. The highest BCUT2D eigenvalue weighted by Crippen LogP contribution is 2.53. The molecule has 2 nitrogen and oxygen atoms in total. The monoisotopic (exact) mass is 283 g/mol. The lowest BCUT2D eigenvalue weighted by Crippen LogP contribution is -2.55. The van der Waals surface area contributed by atoms with Crippen LogP contribution in [0, 0.1) is 37.5 Å². The number of hydrogen-bond donors (Lipinski definition) is 1. The highest BCUT2D eigenvalue weighted by Gasteiger charge is 2.48. The number of benzene rings is 1. The smallest absolute Gasteiger partial charge is 0.251 e. The van der Waals surface area contributed by atoms with Gasteiger partial charge in [-0.05, 0) is 81.8 Å². The molecular weight excluding hydrogens is 258 g/mol. The first-order valence-electron chi connectivity index (χ1n) is 8.47. The fourth-order valence-corrected chi connectivity index (χ4v) is 5.50. The third-order valence-electron chi connectivity index (χ3n) is 6.01. The Labute approximate surface area is 127 Å². The third kappa shape index (κ3) is 2.39. The molecule has 0 spiro atoms. The molecule has 112 valence electrons. The molecule has 4 aliphatic carbocycles. The van der Waals surface area contributed by atoms with E-state index in [1.807, 2.05) is 12.1 Å². The van der Waals surface area contributed by atoms with Crippen LogP contribution in [0.2, 0.25) is 0 Å². The summed E-state index contributed by atoms with van der Waals surface area (Å²) in [7, 11) is 0. The lowest BCUT2D eigenvalue weighted by molar-refractivity contribution is -0.0119. The first kappa shape index (κ1) is 13.4. The van der Waals surface area contributed by atoms with Crippen LogP contribution in [0.5, 0.6) is 0 Å². The Morgan fingerprint density at radius 1 is 0.905 bits per heavy atom. The topological polar surface area (TPSA) is 29.1 Å². The van der Waals surface area contributed by atoms with Gasteiger partial charge >= 0.3 is 0 Å². The Kier molecular flexibility index (Phi) is 3.09. The molecule has 1 aromatic rings. The van der Waals surface area contributed by atoms with E-state index in [0.29, 0.717) is 6.04 Å². The highest BCUT2D eigenvalue weighted by molar-refractivity contribution is 5.94. The maximum absolute atomic E-state index is 12.6.